The lowest BCUT2D eigenvalue weighted by molar-refractivity contribution is -0.0927. The number of fused-ring (bicyclic) bond motifs is 1. The van der Waals surface area contributed by atoms with Crippen molar-refractivity contribution >= 4 is 27.9 Å². The zero-order valence-corrected chi connectivity index (χ0v) is 14.4. The van der Waals surface area contributed by atoms with E-state index in [9.17, 15) is 4.39 Å². The molecule has 116 valence electrons. The summed E-state index contributed by atoms with van der Waals surface area (Å²) >= 11 is 5.04. The van der Waals surface area contributed by atoms with Crippen LogP contribution in [0.1, 0.15) is 30.0 Å². The van der Waals surface area contributed by atoms with Gasteiger partial charge >= 0.3 is 0 Å². The van der Waals surface area contributed by atoms with Gasteiger partial charge in [0, 0.05) is 10.2 Å². The molecule has 0 N–H and O–H groups in total. The molecule has 0 saturated heterocycles. The summed E-state index contributed by atoms with van der Waals surface area (Å²) in [5, 5.41) is 0.991. The molecule has 1 heterocycles. The molecule has 2 nitrogen and oxygen atoms in total. The molecule has 22 heavy (non-hydrogen) atoms. The minimum absolute atomic E-state index is 0.00534. The summed E-state index contributed by atoms with van der Waals surface area (Å²) in [4.78, 5) is 7.16. The van der Waals surface area contributed by atoms with E-state index in [-0.39, 0.29) is 11.9 Å². The highest BCUT2D eigenvalue weighted by molar-refractivity contribution is 9.09. The summed E-state index contributed by atoms with van der Waals surface area (Å²) < 4.78 is 15.1. The van der Waals surface area contributed by atoms with Gasteiger partial charge in [-0.25, -0.2) is 4.39 Å². The van der Waals surface area contributed by atoms with Crippen molar-refractivity contribution in [1.29, 1.82) is 0 Å². The van der Waals surface area contributed by atoms with Gasteiger partial charge in [-0.15, -0.1) is 4.47 Å². The third-order valence-corrected chi connectivity index (χ3v) is 5.17. The Morgan fingerprint density at radius 3 is 2.64 bits per heavy atom. The van der Waals surface area contributed by atoms with Gasteiger partial charge < -0.3 is 0 Å². The van der Waals surface area contributed by atoms with Crippen LogP contribution in [0.3, 0.4) is 0 Å². The van der Waals surface area contributed by atoms with Crippen LogP contribution in [0.5, 0.6) is 0 Å². The van der Waals surface area contributed by atoms with Crippen molar-refractivity contribution in [2.75, 3.05) is 11.9 Å². The van der Waals surface area contributed by atoms with Crippen LogP contribution in [-0.2, 0) is 4.84 Å². The average Bonchev–Trinajstić information content (AvgIpc) is 2.91. The Labute approximate surface area is 142 Å². The Kier molecular flexibility index (Phi) is 5.52. The molecule has 1 atom stereocenters. The van der Waals surface area contributed by atoms with E-state index in [1.54, 1.807) is 11.9 Å². The maximum atomic E-state index is 13.2. The van der Waals surface area contributed by atoms with Crippen molar-refractivity contribution in [2.45, 2.75) is 23.8 Å². The molecule has 0 saturated carbocycles. The third-order valence-electron chi connectivity index (χ3n) is 3.54. The molecule has 0 bridgehead atoms. The molecule has 0 aromatic heterocycles. The normalized spacial score (nSPS) is 17.6. The number of alkyl halides is 1. The molecule has 0 radical (unpaired) electrons. The zero-order valence-electron chi connectivity index (χ0n) is 12.0. The van der Waals surface area contributed by atoms with Crippen LogP contribution in [0.15, 0.2) is 53.4 Å². The number of unbranched alkanes of at least 4 members (excludes halogenated alkanes) is 1. The van der Waals surface area contributed by atoms with Gasteiger partial charge in [0.15, 0.2) is 0 Å². The second kappa shape index (κ2) is 7.59. The van der Waals surface area contributed by atoms with E-state index in [2.05, 4.69) is 28.1 Å². The van der Waals surface area contributed by atoms with E-state index in [0.717, 1.165) is 23.7 Å². The molecule has 2 aromatic rings. The zero-order chi connectivity index (χ0) is 15.4. The molecule has 0 spiro atoms. The lowest BCUT2D eigenvalue weighted by Crippen LogP contribution is -2.20. The van der Waals surface area contributed by atoms with Crippen LogP contribution in [0, 0.1) is 5.82 Å². The van der Waals surface area contributed by atoms with Crippen molar-refractivity contribution in [3.63, 3.8) is 0 Å². The molecule has 1 aliphatic heterocycles. The number of rotatable bonds is 6. The van der Waals surface area contributed by atoms with E-state index in [0.29, 0.717) is 6.61 Å². The van der Waals surface area contributed by atoms with E-state index >= 15 is 0 Å². The molecule has 1 aliphatic rings. The first-order valence-corrected chi connectivity index (χ1v) is 9.19. The topological polar surface area (TPSA) is 12.5 Å². The SMILES string of the molecule is Fc1ccc(C2c3ccccc3SN2OCCCCBr)cc1. The number of hydrogen-bond donors (Lipinski definition) is 0. The smallest absolute Gasteiger partial charge is 0.123 e. The van der Waals surface area contributed by atoms with Crippen LogP contribution in [0.25, 0.3) is 0 Å². The predicted molar refractivity (Wildman–Crippen MR) is 91.4 cm³/mol. The van der Waals surface area contributed by atoms with E-state index < -0.39 is 0 Å². The van der Waals surface area contributed by atoms with Crippen molar-refractivity contribution < 1.29 is 9.23 Å². The number of benzene rings is 2. The van der Waals surface area contributed by atoms with Gasteiger partial charge in [-0.3, -0.25) is 4.84 Å². The summed E-state index contributed by atoms with van der Waals surface area (Å²) in [6, 6.07) is 14.9. The fraction of sp³-hybridized carbons (Fsp3) is 0.294. The Balaban J connectivity index is 1.82. The second-order valence-electron chi connectivity index (χ2n) is 5.10. The first-order valence-electron chi connectivity index (χ1n) is 7.30. The molecule has 0 amide bonds. The van der Waals surface area contributed by atoms with Crippen molar-refractivity contribution in [1.82, 2.24) is 4.47 Å². The molecule has 2 aromatic carbocycles. The molecule has 0 aliphatic carbocycles. The van der Waals surface area contributed by atoms with Gasteiger partial charge in [-0.2, -0.15) is 0 Å². The Hall–Kier alpha value is -0.880. The summed E-state index contributed by atoms with van der Waals surface area (Å²) in [5.41, 5.74) is 2.25. The van der Waals surface area contributed by atoms with Gasteiger partial charge in [-0.05, 0) is 54.1 Å². The minimum Gasteiger partial charge on any atom is -0.287 e. The Morgan fingerprint density at radius 2 is 1.86 bits per heavy atom. The summed E-state index contributed by atoms with van der Waals surface area (Å²) in [6.45, 7) is 0.685. The lowest BCUT2D eigenvalue weighted by Gasteiger charge is -2.23. The Bertz CT molecular complexity index is 622. The molecular formula is C17H17BrFNOS. The summed E-state index contributed by atoms with van der Waals surface area (Å²) in [7, 11) is 0. The van der Waals surface area contributed by atoms with Gasteiger partial charge in [0.25, 0.3) is 0 Å². The molecular weight excluding hydrogens is 365 g/mol. The average molecular weight is 382 g/mol. The molecule has 1 unspecified atom stereocenters. The van der Waals surface area contributed by atoms with Crippen LogP contribution >= 0.6 is 27.9 Å². The molecule has 3 rings (SSSR count). The minimum atomic E-state index is -0.215. The van der Waals surface area contributed by atoms with Gasteiger partial charge in [0.1, 0.15) is 5.82 Å². The molecule has 5 heteroatoms. The van der Waals surface area contributed by atoms with E-state index in [4.69, 9.17) is 4.84 Å². The fourth-order valence-electron chi connectivity index (χ4n) is 2.45. The monoisotopic (exact) mass is 381 g/mol. The van der Waals surface area contributed by atoms with Crippen LogP contribution < -0.4 is 0 Å². The van der Waals surface area contributed by atoms with Gasteiger partial charge in [-0.1, -0.05) is 46.3 Å². The van der Waals surface area contributed by atoms with Gasteiger partial charge in [0.05, 0.1) is 12.6 Å². The molecule has 0 fully saturated rings. The number of hydrogen-bond acceptors (Lipinski definition) is 3. The van der Waals surface area contributed by atoms with Gasteiger partial charge in [0.2, 0.25) is 0 Å². The highest BCUT2D eigenvalue weighted by Gasteiger charge is 2.33. The first-order chi connectivity index (χ1) is 10.8. The van der Waals surface area contributed by atoms with Crippen molar-refractivity contribution in [3.05, 3.63) is 65.5 Å². The van der Waals surface area contributed by atoms with Crippen LogP contribution in [-0.4, -0.2) is 16.4 Å². The van der Waals surface area contributed by atoms with Crippen LogP contribution in [0.2, 0.25) is 0 Å². The first kappa shape index (κ1) is 16.0. The third kappa shape index (κ3) is 3.54. The largest absolute Gasteiger partial charge is 0.287 e. The summed E-state index contributed by atoms with van der Waals surface area (Å²) in [6.07, 6.45) is 2.10. The predicted octanol–water partition coefficient (Wildman–Crippen LogP) is 5.34. The van der Waals surface area contributed by atoms with Crippen molar-refractivity contribution in [2.24, 2.45) is 0 Å². The number of halogens is 2. The van der Waals surface area contributed by atoms with E-state index in [1.807, 2.05) is 28.7 Å². The highest BCUT2D eigenvalue weighted by Crippen LogP contribution is 2.47. The lowest BCUT2D eigenvalue weighted by atomic mass is 9.99. The number of nitrogens with zero attached hydrogens (tertiary/aromatic N) is 1. The highest BCUT2D eigenvalue weighted by atomic mass is 79.9. The quantitative estimate of drug-likeness (QED) is 0.380. The van der Waals surface area contributed by atoms with E-state index in [1.165, 1.54) is 22.6 Å². The second-order valence-corrected chi connectivity index (χ2v) is 6.87. The summed E-state index contributed by atoms with van der Waals surface area (Å²) in [5.74, 6) is -0.215. The maximum Gasteiger partial charge on any atom is 0.123 e. The van der Waals surface area contributed by atoms with Crippen LogP contribution in [0.4, 0.5) is 4.39 Å². The Morgan fingerprint density at radius 1 is 1.09 bits per heavy atom. The fourth-order valence-corrected chi connectivity index (χ4v) is 3.93. The maximum absolute atomic E-state index is 13.2. The standard InChI is InChI=1S/C17H17BrFNOS/c18-11-3-4-12-21-20-17(13-7-9-14(19)10-8-13)15-5-1-2-6-16(15)22-20/h1-2,5-10,17H,3-4,11-12H2. The number of hydroxylamine groups is 1. The van der Waals surface area contributed by atoms with Crippen molar-refractivity contribution in [3.8, 4) is 0 Å².